The molecule has 0 atom stereocenters. The Morgan fingerprint density at radius 3 is 1.87 bits per heavy atom. The first-order valence-electron chi connectivity index (χ1n) is 11.9. The molecule has 1 heterocycles. The molecule has 0 unspecified atom stereocenters. The molecule has 0 spiro atoms. The van der Waals surface area contributed by atoms with Crippen LogP contribution in [0.1, 0.15) is 16.7 Å². The predicted molar refractivity (Wildman–Crippen MR) is 151 cm³/mol. The van der Waals surface area contributed by atoms with Crippen molar-refractivity contribution in [3.63, 3.8) is 0 Å². The maximum Gasteiger partial charge on any atom is 0.270 e. The van der Waals surface area contributed by atoms with Crippen LogP contribution in [0, 0.1) is 5.82 Å². The number of benzene rings is 4. The van der Waals surface area contributed by atoms with Crippen LogP contribution in [0.2, 0.25) is 0 Å². The Hall–Kier alpha value is -4.62. The van der Waals surface area contributed by atoms with E-state index in [9.17, 15) is 14.0 Å². The van der Waals surface area contributed by atoms with Gasteiger partial charge >= 0.3 is 0 Å². The average molecular weight is 523 g/mol. The van der Waals surface area contributed by atoms with E-state index in [-0.39, 0.29) is 16.5 Å². The molecular formula is C31H23FN2O3S. The van der Waals surface area contributed by atoms with Crippen molar-refractivity contribution in [1.82, 2.24) is 0 Å². The van der Waals surface area contributed by atoms with Gasteiger partial charge in [0, 0.05) is 6.42 Å². The number of ether oxygens (including phenoxy) is 1. The first-order chi connectivity index (χ1) is 18.5. The number of rotatable bonds is 6. The topological polar surface area (TPSA) is 49.9 Å². The fourth-order valence-corrected chi connectivity index (χ4v) is 4.73. The number of methoxy groups -OCH3 is 1. The summed E-state index contributed by atoms with van der Waals surface area (Å²) < 4.78 is 19.8. The van der Waals surface area contributed by atoms with Crippen LogP contribution in [0.25, 0.3) is 6.08 Å². The Morgan fingerprint density at radius 2 is 1.32 bits per heavy atom. The highest BCUT2D eigenvalue weighted by Crippen LogP contribution is 2.31. The number of hydrogen-bond donors (Lipinski definition) is 0. The quantitative estimate of drug-likeness (QED) is 0.173. The summed E-state index contributed by atoms with van der Waals surface area (Å²) >= 11 is 5.65. The Morgan fingerprint density at radius 1 is 0.763 bits per heavy atom. The summed E-state index contributed by atoms with van der Waals surface area (Å²) in [6.07, 6.45) is 1.87. The Kier molecular flexibility index (Phi) is 7.11. The van der Waals surface area contributed by atoms with Gasteiger partial charge in [0.25, 0.3) is 11.8 Å². The third kappa shape index (κ3) is 4.84. The summed E-state index contributed by atoms with van der Waals surface area (Å²) in [7, 11) is 1.53. The van der Waals surface area contributed by atoms with Gasteiger partial charge in [0.1, 0.15) is 17.1 Å². The maximum absolute atomic E-state index is 14.2. The molecule has 1 fully saturated rings. The number of hydrogen-bond acceptors (Lipinski definition) is 4. The van der Waals surface area contributed by atoms with Crippen LogP contribution in [0.15, 0.2) is 109 Å². The minimum Gasteiger partial charge on any atom is -0.496 e. The Bertz CT molecular complexity index is 1490. The van der Waals surface area contributed by atoms with Crippen LogP contribution in [0.4, 0.5) is 15.8 Å². The van der Waals surface area contributed by atoms with Crippen molar-refractivity contribution in [2.24, 2.45) is 0 Å². The molecule has 4 aromatic carbocycles. The number of carbonyl (C=O) groups excluding carboxylic acids is 2. The molecule has 1 aliphatic rings. The minimum atomic E-state index is -0.521. The van der Waals surface area contributed by atoms with Crippen LogP contribution in [-0.2, 0) is 16.0 Å². The zero-order chi connectivity index (χ0) is 26.6. The Balaban J connectivity index is 1.56. The lowest BCUT2D eigenvalue weighted by Gasteiger charge is -2.36. The number of nitrogens with zero attached hydrogens (tertiary/aromatic N) is 2. The van der Waals surface area contributed by atoms with E-state index in [1.54, 1.807) is 78.9 Å². The van der Waals surface area contributed by atoms with Crippen LogP contribution in [0.5, 0.6) is 5.75 Å². The summed E-state index contributed by atoms with van der Waals surface area (Å²) in [5.74, 6) is -0.814. The molecular weight excluding hydrogens is 499 g/mol. The smallest absolute Gasteiger partial charge is 0.270 e. The van der Waals surface area contributed by atoms with Gasteiger partial charge in [-0.3, -0.25) is 19.4 Å². The van der Waals surface area contributed by atoms with Gasteiger partial charge in [0.2, 0.25) is 0 Å². The number of para-hydroxylation sites is 2. The molecule has 0 bridgehead atoms. The van der Waals surface area contributed by atoms with Crippen LogP contribution < -0.4 is 14.5 Å². The average Bonchev–Trinajstić information content (AvgIpc) is 2.94. The van der Waals surface area contributed by atoms with Gasteiger partial charge in [-0.05, 0) is 71.4 Å². The molecule has 0 N–H and O–H groups in total. The summed E-state index contributed by atoms with van der Waals surface area (Å²) in [6.45, 7) is 0. The molecule has 2 amide bonds. The maximum atomic E-state index is 14.2. The monoisotopic (exact) mass is 522 g/mol. The second-order valence-electron chi connectivity index (χ2n) is 8.63. The van der Waals surface area contributed by atoms with Gasteiger partial charge in [-0.25, -0.2) is 4.39 Å². The van der Waals surface area contributed by atoms with Gasteiger partial charge in [0.05, 0.1) is 18.5 Å². The minimum absolute atomic E-state index is 0.0461. The van der Waals surface area contributed by atoms with Crippen LogP contribution >= 0.6 is 12.2 Å². The highest BCUT2D eigenvalue weighted by atomic mass is 32.1. The van der Waals surface area contributed by atoms with E-state index in [0.29, 0.717) is 34.7 Å². The highest BCUT2D eigenvalue weighted by molar-refractivity contribution is 7.81. The van der Waals surface area contributed by atoms with Gasteiger partial charge in [-0.2, -0.15) is 0 Å². The lowest BCUT2D eigenvalue weighted by Crippen LogP contribution is -2.56. The zero-order valence-corrected chi connectivity index (χ0v) is 21.3. The van der Waals surface area contributed by atoms with Crippen molar-refractivity contribution in [3.8, 4) is 5.75 Å². The van der Waals surface area contributed by atoms with Gasteiger partial charge in [0.15, 0.2) is 5.11 Å². The largest absolute Gasteiger partial charge is 0.496 e. The summed E-state index contributed by atoms with van der Waals surface area (Å²) in [5.41, 5.74) is 2.97. The van der Waals surface area contributed by atoms with Gasteiger partial charge < -0.3 is 4.74 Å². The number of anilines is 2. The third-order valence-electron chi connectivity index (χ3n) is 6.24. The molecule has 38 heavy (non-hydrogen) atoms. The van der Waals surface area contributed by atoms with Crippen molar-refractivity contribution >= 4 is 46.6 Å². The highest BCUT2D eigenvalue weighted by Gasteiger charge is 2.41. The van der Waals surface area contributed by atoms with E-state index in [2.05, 4.69) is 0 Å². The molecule has 0 radical (unpaired) electrons. The molecule has 5 rings (SSSR count). The van der Waals surface area contributed by atoms with E-state index in [1.165, 1.54) is 29.1 Å². The van der Waals surface area contributed by atoms with E-state index in [4.69, 9.17) is 17.0 Å². The summed E-state index contributed by atoms with van der Waals surface area (Å²) in [4.78, 5) is 30.1. The summed E-state index contributed by atoms with van der Waals surface area (Å²) in [5, 5.41) is 0.0763. The molecule has 4 aromatic rings. The van der Waals surface area contributed by atoms with E-state index >= 15 is 0 Å². The lowest BCUT2D eigenvalue weighted by atomic mass is 10.00. The van der Waals surface area contributed by atoms with Crippen molar-refractivity contribution < 1.29 is 18.7 Å². The molecule has 0 aromatic heterocycles. The fraction of sp³-hybridized carbons (Fsp3) is 0.0645. The van der Waals surface area contributed by atoms with Crippen molar-refractivity contribution in [2.75, 3.05) is 16.9 Å². The van der Waals surface area contributed by atoms with E-state index in [1.807, 2.05) is 18.2 Å². The number of amides is 2. The van der Waals surface area contributed by atoms with E-state index < -0.39 is 11.8 Å². The van der Waals surface area contributed by atoms with E-state index in [0.717, 1.165) is 5.56 Å². The van der Waals surface area contributed by atoms with Gasteiger partial charge in [-0.15, -0.1) is 0 Å². The molecule has 5 nitrogen and oxygen atoms in total. The lowest BCUT2D eigenvalue weighted by molar-refractivity contribution is -0.120. The fourth-order valence-electron chi connectivity index (χ4n) is 4.35. The van der Waals surface area contributed by atoms with Crippen LogP contribution in [0.3, 0.4) is 0 Å². The standard InChI is InChI=1S/C31H23FN2O3S/c1-37-28-19-21(16-17-23(28)20-22-10-8-9-15-27(22)32)18-26-29(35)33(24-11-4-2-5-12-24)31(38)34(30(26)36)25-13-6-3-7-14-25/h2-19H,20H2,1H3. The molecule has 7 heteroatoms. The first kappa shape index (κ1) is 25.0. The third-order valence-corrected chi connectivity index (χ3v) is 6.60. The first-order valence-corrected chi connectivity index (χ1v) is 12.3. The molecule has 1 saturated heterocycles. The van der Waals surface area contributed by atoms with Crippen molar-refractivity contribution in [3.05, 3.63) is 131 Å². The molecule has 0 saturated carbocycles. The Labute approximate surface area is 225 Å². The number of thiocarbonyl (C=S) groups is 1. The molecule has 188 valence electrons. The second kappa shape index (κ2) is 10.8. The molecule has 1 aliphatic heterocycles. The molecule has 0 aliphatic carbocycles. The van der Waals surface area contributed by atoms with Crippen molar-refractivity contribution in [1.29, 1.82) is 0 Å². The second-order valence-corrected chi connectivity index (χ2v) is 9.00. The number of carbonyl (C=O) groups is 2. The predicted octanol–water partition coefficient (Wildman–Crippen LogP) is 6.17. The zero-order valence-electron chi connectivity index (χ0n) is 20.5. The van der Waals surface area contributed by atoms with Crippen molar-refractivity contribution in [2.45, 2.75) is 6.42 Å². The summed E-state index contributed by atoms with van der Waals surface area (Å²) in [6, 6.07) is 29.8. The number of halogens is 1. The normalized spacial score (nSPS) is 13.6. The SMILES string of the molecule is COc1cc(C=C2C(=O)N(c3ccccc3)C(=S)N(c3ccccc3)C2=O)ccc1Cc1ccccc1F. The van der Waals surface area contributed by atoms with Crippen LogP contribution in [-0.4, -0.2) is 24.0 Å². The van der Waals surface area contributed by atoms with Gasteiger partial charge in [-0.1, -0.05) is 66.7 Å².